The predicted molar refractivity (Wildman–Crippen MR) is 81.2 cm³/mol. The minimum Gasteiger partial charge on any atom is -0.454 e. The Bertz CT molecular complexity index is 855. The number of aromatic nitrogens is 4. The van der Waals surface area contributed by atoms with Crippen LogP contribution in [0.25, 0.3) is 5.69 Å². The van der Waals surface area contributed by atoms with Crippen molar-refractivity contribution in [1.29, 1.82) is 0 Å². The molecule has 0 aliphatic carbocycles. The van der Waals surface area contributed by atoms with Crippen LogP contribution in [0.1, 0.15) is 5.56 Å². The summed E-state index contributed by atoms with van der Waals surface area (Å²) in [6.07, 6.45) is 0. The molecule has 23 heavy (non-hydrogen) atoms. The third-order valence-electron chi connectivity index (χ3n) is 3.30. The highest BCUT2D eigenvalue weighted by molar-refractivity contribution is 7.98. The Balaban J connectivity index is 1.53. The normalized spacial score (nSPS) is 12.6. The van der Waals surface area contributed by atoms with Crippen molar-refractivity contribution in [3.8, 4) is 17.2 Å². The van der Waals surface area contributed by atoms with Crippen molar-refractivity contribution in [2.75, 3.05) is 6.79 Å². The lowest BCUT2D eigenvalue weighted by Gasteiger charge is -2.05. The van der Waals surface area contributed by atoms with Gasteiger partial charge in [0, 0.05) is 5.75 Å². The quantitative estimate of drug-likeness (QED) is 0.686. The molecule has 116 valence electrons. The summed E-state index contributed by atoms with van der Waals surface area (Å²) in [6, 6.07) is 11.9. The van der Waals surface area contributed by atoms with Crippen LogP contribution in [0, 0.1) is 5.82 Å². The summed E-state index contributed by atoms with van der Waals surface area (Å²) >= 11 is 1.46. The summed E-state index contributed by atoms with van der Waals surface area (Å²) < 4.78 is 25.5. The maximum Gasteiger partial charge on any atom is 0.231 e. The van der Waals surface area contributed by atoms with E-state index >= 15 is 0 Å². The van der Waals surface area contributed by atoms with Gasteiger partial charge in [0.15, 0.2) is 11.5 Å². The number of benzene rings is 2. The molecular weight excluding hydrogens is 319 g/mol. The van der Waals surface area contributed by atoms with Gasteiger partial charge < -0.3 is 9.47 Å². The van der Waals surface area contributed by atoms with Gasteiger partial charge in [0.2, 0.25) is 11.9 Å². The molecule has 0 saturated heterocycles. The Morgan fingerprint density at radius 2 is 2.04 bits per heavy atom. The van der Waals surface area contributed by atoms with Crippen LogP contribution in [0.4, 0.5) is 4.39 Å². The summed E-state index contributed by atoms with van der Waals surface area (Å²) in [5.74, 6) is 1.83. The van der Waals surface area contributed by atoms with Crippen LogP contribution in [0.15, 0.2) is 47.6 Å². The number of fused-ring (bicyclic) bond motifs is 1. The molecule has 2 aromatic carbocycles. The smallest absolute Gasteiger partial charge is 0.231 e. The first-order valence-corrected chi connectivity index (χ1v) is 7.84. The second-order valence-electron chi connectivity index (χ2n) is 4.83. The van der Waals surface area contributed by atoms with Gasteiger partial charge >= 0.3 is 0 Å². The second-order valence-corrected chi connectivity index (χ2v) is 5.77. The zero-order chi connectivity index (χ0) is 15.6. The molecule has 1 aliphatic heterocycles. The van der Waals surface area contributed by atoms with E-state index in [1.165, 1.54) is 28.6 Å². The molecule has 0 fully saturated rings. The number of hydrogen-bond acceptors (Lipinski definition) is 6. The Morgan fingerprint density at radius 3 is 2.96 bits per heavy atom. The molecule has 2 heterocycles. The van der Waals surface area contributed by atoms with E-state index in [1.807, 2.05) is 18.2 Å². The van der Waals surface area contributed by atoms with E-state index in [0.29, 0.717) is 16.6 Å². The van der Waals surface area contributed by atoms with Crippen LogP contribution in [0.5, 0.6) is 11.5 Å². The molecule has 6 nitrogen and oxygen atoms in total. The molecule has 1 aliphatic rings. The maximum atomic E-state index is 13.4. The fraction of sp³-hybridized carbons (Fsp3) is 0.133. The number of halogens is 1. The van der Waals surface area contributed by atoms with Gasteiger partial charge in [-0.2, -0.15) is 4.68 Å². The van der Waals surface area contributed by atoms with Crippen molar-refractivity contribution in [1.82, 2.24) is 20.2 Å². The Morgan fingerprint density at radius 1 is 1.13 bits per heavy atom. The van der Waals surface area contributed by atoms with Gasteiger partial charge in [-0.1, -0.05) is 23.9 Å². The number of ether oxygens (including phenoxy) is 2. The monoisotopic (exact) mass is 330 g/mol. The Kier molecular flexibility index (Phi) is 3.58. The van der Waals surface area contributed by atoms with E-state index in [1.54, 1.807) is 12.1 Å². The van der Waals surface area contributed by atoms with Gasteiger partial charge in [0.25, 0.3) is 0 Å². The van der Waals surface area contributed by atoms with Crippen molar-refractivity contribution >= 4 is 11.8 Å². The average molecular weight is 330 g/mol. The largest absolute Gasteiger partial charge is 0.454 e. The fourth-order valence-corrected chi connectivity index (χ4v) is 3.05. The number of hydrogen-bond donors (Lipinski definition) is 0. The summed E-state index contributed by atoms with van der Waals surface area (Å²) in [5.41, 5.74) is 1.65. The zero-order valence-corrected chi connectivity index (χ0v) is 12.7. The van der Waals surface area contributed by atoms with Crippen LogP contribution in [-0.4, -0.2) is 27.0 Å². The van der Waals surface area contributed by atoms with E-state index < -0.39 is 0 Å². The molecule has 0 bridgehead atoms. The number of tetrazole rings is 1. The first kappa shape index (κ1) is 14.0. The lowest BCUT2D eigenvalue weighted by atomic mass is 10.2. The van der Waals surface area contributed by atoms with E-state index in [2.05, 4.69) is 15.5 Å². The molecule has 0 spiro atoms. The summed E-state index contributed by atoms with van der Waals surface area (Å²) in [5, 5.41) is 12.2. The van der Waals surface area contributed by atoms with E-state index in [4.69, 9.17) is 9.47 Å². The number of thioether (sulfide) groups is 1. The Hall–Kier alpha value is -2.61. The van der Waals surface area contributed by atoms with Gasteiger partial charge in [-0.3, -0.25) is 0 Å². The molecule has 0 amide bonds. The number of rotatable bonds is 4. The predicted octanol–water partition coefficient (Wildman–Crippen LogP) is 2.82. The van der Waals surface area contributed by atoms with Crippen molar-refractivity contribution < 1.29 is 13.9 Å². The molecule has 3 aromatic rings. The standard InChI is InChI=1S/C15H11FN4O2S/c16-11-2-1-3-12(7-11)20-15(17-18-19-20)23-8-10-4-5-13-14(6-10)22-9-21-13/h1-7H,8-9H2. The lowest BCUT2D eigenvalue weighted by molar-refractivity contribution is 0.174. The molecule has 0 unspecified atom stereocenters. The highest BCUT2D eigenvalue weighted by atomic mass is 32.2. The van der Waals surface area contributed by atoms with Crippen molar-refractivity contribution in [3.05, 3.63) is 53.8 Å². The van der Waals surface area contributed by atoms with E-state index in [0.717, 1.165) is 17.1 Å². The van der Waals surface area contributed by atoms with Gasteiger partial charge in [-0.05, 0) is 46.3 Å². The van der Waals surface area contributed by atoms with Crippen LogP contribution in [0.2, 0.25) is 0 Å². The second kappa shape index (κ2) is 5.88. The first-order chi connectivity index (χ1) is 11.3. The van der Waals surface area contributed by atoms with Gasteiger partial charge in [-0.25, -0.2) is 4.39 Å². The molecule has 8 heteroatoms. The molecule has 0 atom stereocenters. The summed E-state index contributed by atoms with van der Waals surface area (Å²) in [7, 11) is 0. The molecule has 0 saturated carbocycles. The molecule has 4 rings (SSSR count). The molecule has 1 aromatic heterocycles. The molecule has 0 radical (unpaired) electrons. The zero-order valence-electron chi connectivity index (χ0n) is 11.8. The van der Waals surface area contributed by atoms with Gasteiger partial charge in [0.1, 0.15) is 5.82 Å². The topological polar surface area (TPSA) is 62.1 Å². The van der Waals surface area contributed by atoms with Crippen LogP contribution in [-0.2, 0) is 5.75 Å². The lowest BCUT2D eigenvalue weighted by Crippen LogP contribution is -1.99. The average Bonchev–Trinajstić information content (AvgIpc) is 3.21. The van der Waals surface area contributed by atoms with E-state index in [9.17, 15) is 4.39 Å². The fourth-order valence-electron chi connectivity index (χ4n) is 2.22. The van der Waals surface area contributed by atoms with Gasteiger partial charge in [0.05, 0.1) is 5.69 Å². The van der Waals surface area contributed by atoms with Crippen molar-refractivity contribution in [2.24, 2.45) is 0 Å². The Labute approximate surface area is 135 Å². The minimum atomic E-state index is -0.329. The molecule has 0 N–H and O–H groups in total. The molecular formula is C15H11FN4O2S. The van der Waals surface area contributed by atoms with Crippen LogP contribution >= 0.6 is 11.8 Å². The first-order valence-electron chi connectivity index (χ1n) is 6.85. The van der Waals surface area contributed by atoms with Crippen LogP contribution < -0.4 is 9.47 Å². The maximum absolute atomic E-state index is 13.4. The SMILES string of the molecule is Fc1cccc(-n2nnnc2SCc2ccc3c(c2)OCO3)c1. The minimum absolute atomic E-state index is 0.254. The summed E-state index contributed by atoms with van der Waals surface area (Å²) in [6.45, 7) is 0.254. The third-order valence-corrected chi connectivity index (χ3v) is 4.29. The van der Waals surface area contributed by atoms with E-state index in [-0.39, 0.29) is 12.6 Å². The van der Waals surface area contributed by atoms with Crippen LogP contribution in [0.3, 0.4) is 0 Å². The van der Waals surface area contributed by atoms with Crippen molar-refractivity contribution in [3.63, 3.8) is 0 Å². The third kappa shape index (κ3) is 2.85. The highest BCUT2D eigenvalue weighted by Crippen LogP contribution is 2.34. The summed E-state index contributed by atoms with van der Waals surface area (Å²) in [4.78, 5) is 0. The number of nitrogens with zero attached hydrogens (tertiary/aromatic N) is 4. The van der Waals surface area contributed by atoms with Crippen molar-refractivity contribution in [2.45, 2.75) is 10.9 Å². The van der Waals surface area contributed by atoms with Gasteiger partial charge in [-0.15, -0.1) is 5.10 Å². The highest BCUT2D eigenvalue weighted by Gasteiger charge is 2.14.